The fourth-order valence-electron chi connectivity index (χ4n) is 1.70. The fourth-order valence-corrected chi connectivity index (χ4v) is 1.70. The van der Waals surface area contributed by atoms with Crippen molar-refractivity contribution in [3.05, 3.63) is 65.7 Å². The van der Waals surface area contributed by atoms with E-state index in [1.54, 1.807) is 42.5 Å². The molecule has 2 aromatic rings. The molecule has 0 aliphatic rings. The number of aromatic hydroxyl groups is 1. The van der Waals surface area contributed by atoms with Gasteiger partial charge in [0.1, 0.15) is 5.75 Å². The minimum atomic E-state index is -0.180. The first-order chi connectivity index (χ1) is 9.63. The number of carbonyl (C=O) groups excluding carboxylic acids is 1. The highest BCUT2D eigenvalue weighted by atomic mass is 16.3. The number of nitrogen functional groups attached to an aromatic ring is 1. The maximum atomic E-state index is 11.7. The average Bonchev–Trinajstić information content (AvgIpc) is 2.45. The van der Waals surface area contributed by atoms with Crippen LogP contribution in [0.2, 0.25) is 0 Å². The van der Waals surface area contributed by atoms with Gasteiger partial charge in [0.25, 0.3) is 0 Å². The van der Waals surface area contributed by atoms with Gasteiger partial charge in [0, 0.05) is 18.3 Å². The smallest absolute Gasteiger partial charge is 0.244 e. The van der Waals surface area contributed by atoms with Crippen molar-refractivity contribution in [3.63, 3.8) is 0 Å². The highest BCUT2D eigenvalue weighted by Crippen LogP contribution is 2.10. The molecule has 20 heavy (non-hydrogen) atoms. The molecule has 102 valence electrons. The number of carbonyl (C=O) groups is 1. The monoisotopic (exact) mass is 268 g/mol. The number of nitrogens with one attached hydrogen (secondary N) is 1. The normalized spacial score (nSPS) is 10.6. The summed E-state index contributed by atoms with van der Waals surface area (Å²) >= 11 is 0. The van der Waals surface area contributed by atoms with Gasteiger partial charge in [-0.25, -0.2) is 0 Å². The lowest BCUT2D eigenvalue weighted by Gasteiger charge is -2.02. The number of hydrogen-bond acceptors (Lipinski definition) is 3. The van der Waals surface area contributed by atoms with Crippen molar-refractivity contribution in [3.8, 4) is 5.75 Å². The zero-order valence-electron chi connectivity index (χ0n) is 10.9. The summed E-state index contributed by atoms with van der Waals surface area (Å²) in [4.78, 5) is 11.7. The maximum Gasteiger partial charge on any atom is 0.244 e. The molecule has 0 fully saturated rings. The van der Waals surface area contributed by atoms with Crippen LogP contribution in [0.15, 0.2) is 54.6 Å². The second-order valence-corrected chi connectivity index (χ2v) is 4.39. The molecule has 0 bridgehead atoms. The number of amides is 1. The Morgan fingerprint density at radius 2 is 1.95 bits per heavy atom. The Hall–Kier alpha value is -2.75. The first kappa shape index (κ1) is 13.7. The molecule has 0 aromatic heterocycles. The second kappa shape index (κ2) is 6.43. The third kappa shape index (κ3) is 4.17. The molecule has 0 heterocycles. The van der Waals surface area contributed by atoms with E-state index < -0.39 is 0 Å². The van der Waals surface area contributed by atoms with Crippen molar-refractivity contribution in [2.24, 2.45) is 0 Å². The van der Waals surface area contributed by atoms with Gasteiger partial charge in [0.15, 0.2) is 0 Å². The van der Waals surface area contributed by atoms with E-state index in [0.29, 0.717) is 12.2 Å². The standard InChI is InChI=1S/C16H16N2O2/c17-14-3-1-2-12(10-14)6-9-16(20)18-11-13-4-7-15(19)8-5-13/h1-10,19H,11,17H2,(H,18,20)/b9-6+. The van der Waals surface area contributed by atoms with E-state index in [-0.39, 0.29) is 11.7 Å². The molecule has 2 rings (SSSR count). The van der Waals surface area contributed by atoms with Gasteiger partial charge in [-0.1, -0.05) is 24.3 Å². The summed E-state index contributed by atoms with van der Waals surface area (Å²) in [6.07, 6.45) is 3.18. The Kier molecular flexibility index (Phi) is 4.39. The van der Waals surface area contributed by atoms with Crippen molar-refractivity contribution in [1.29, 1.82) is 0 Å². The first-order valence-corrected chi connectivity index (χ1v) is 6.23. The molecule has 4 heteroatoms. The number of phenolic OH excluding ortho intramolecular Hbond substituents is 1. The fraction of sp³-hybridized carbons (Fsp3) is 0.0625. The lowest BCUT2D eigenvalue weighted by molar-refractivity contribution is -0.116. The molecule has 4 nitrogen and oxygen atoms in total. The van der Waals surface area contributed by atoms with Crippen LogP contribution in [0.25, 0.3) is 6.08 Å². The van der Waals surface area contributed by atoms with E-state index in [4.69, 9.17) is 10.8 Å². The Morgan fingerprint density at radius 3 is 2.65 bits per heavy atom. The number of rotatable bonds is 4. The summed E-state index contributed by atoms with van der Waals surface area (Å²) in [7, 11) is 0. The summed E-state index contributed by atoms with van der Waals surface area (Å²) in [6, 6.07) is 14.0. The van der Waals surface area contributed by atoms with Gasteiger partial charge < -0.3 is 16.2 Å². The van der Waals surface area contributed by atoms with Crippen molar-refractivity contribution < 1.29 is 9.90 Å². The van der Waals surface area contributed by atoms with E-state index in [1.807, 2.05) is 12.1 Å². The average molecular weight is 268 g/mol. The predicted molar refractivity (Wildman–Crippen MR) is 79.8 cm³/mol. The number of hydrogen-bond donors (Lipinski definition) is 3. The van der Waals surface area contributed by atoms with Gasteiger partial charge in [-0.3, -0.25) is 4.79 Å². The van der Waals surface area contributed by atoms with Gasteiger partial charge in [0.05, 0.1) is 0 Å². The van der Waals surface area contributed by atoms with Crippen LogP contribution in [0, 0.1) is 0 Å². The molecule has 4 N–H and O–H groups in total. The third-order valence-electron chi connectivity index (χ3n) is 2.74. The van der Waals surface area contributed by atoms with E-state index in [1.165, 1.54) is 6.08 Å². The van der Waals surface area contributed by atoms with Gasteiger partial charge >= 0.3 is 0 Å². The van der Waals surface area contributed by atoms with Crippen molar-refractivity contribution in [2.75, 3.05) is 5.73 Å². The largest absolute Gasteiger partial charge is 0.508 e. The number of anilines is 1. The van der Waals surface area contributed by atoms with E-state index in [2.05, 4.69) is 5.32 Å². The molecule has 0 unspecified atom stereocenters. The molecule has 0 atom stereocenters. The molecule has 0 saturated heterocycles. The van der Waals surface area contributed by atoms with Crippen LogP contribution in [0.5, 0.6) is 5.75 Å². The maximum absolute atomic E-state index is 11.7. The summed E-state index contributed by atoms with van der Waals surface area (Å²) < 4.78 is 0. The zero-order chi connectivity index (χ0) is 14.4. The van der Waals surface area contributed by atoms with Gasteiger partial charge in [0.2, 0.25) is 5.91 Å². The Balaban J connectivity index is 1.88. The van der Waals surface area contributed by atoms with Crippen LogP contribution < -0.4 is 11.1 Å². The molecule has 1 amide bonds. The van der Waals surface area contributed by atoms with Crippen LogP contribution in [-0.4, -0.2) is 11.0 Å². The molecule has 2 aromatic carbocycles. The number of benzene rings is 2. The van der Waals surface area contributed by atoms with Crippen molar-refractivity contribution in [1.82, 2.24) is 5.32 Å². The zero-order valence-corrected chi connectivity index (χ0v) is 10.9. The number of nitrogens with two attached hydrogens (primary N) is 1. The first-order valence-electron chi connectivity index (χ1n) is 6.23. The van der Waals surface area contributed by atoms with E-state index in [0.717, 1.165) is 11.1 Å². The molecular weight excluding hydrogens is 252 g/mol. The number of phenols is 1. The minimum absolute atomic E-state index is 0.180. The molecule has 0 aliphatic heterocycles. The molecule has 0 aliphatic carbocycles. The lowest BCUT2D eigenvalue weighted by atomic mass is 10.2. The van der Waals surface area contributed by atoms with Crippen molar-refractivity contribution in [2.45, 2.75) is 6.54 Å². The van der Waals surface area contributed by atoms with Crippen LogP contribution in [0.4, 0.5) is 5.69 Å². The van der Waals surface area contributed by atoms with Crippen LogP contribution in [-0.2, 0) is 11.3 Å². The van der Waals surface area contributed by atoms with Crippen LogP contribution >= 0.6 is 0 Å². The summed E-state index contributed by atoms with van der Waals surface area (Å²) in [6.45, 7) is 0.417. The Morgan fingerprint density at radius 1 is 1.20 bits per heavy atom. The Bertz CT molecular complexity index is 619. The van der Waals surface area contributed by atoms with Gasteiger partial charge in [-0.05, 0) is 41.5 Å². The molecular formula is C16H16N2O2. The second-order valence-electron chi connectivity index (χ2n) is 4.39. The topological polar surface area (TPSA) is 75.4 Å². The quantitative estimate of drug-likeness (QED) is 0.588. The third-order valence-corrected chi connectivity index (χ3v) is 2.74. The molecule has 0 spiro atoms. The predicted octanol–water partition coefficient (Wildman–Crippen LogP) is 2.30. The molecule has 0 saturated carbocycles. The summed E-state index contributed by atoms with van der Waals surface area (Å²) in [5.41, 5.74) is 8.12. The van der Waals surface area contributed by atoms with E-state index in [9.17, 15) is 4.79 Å². The van der Waals surface area contributed by atoms with E-state index >= 15 is 0 Å². The van der Waals surface area contributed by atoms with Crippen molar-refractivity contribution >= 4 is 17.7 Å². The summed E-state index contributed by atoms with van der Waals surface area (Å²) in [5.74, 6) is 0.0298. The SMILES string of the molecule is Nc1cccc(/C=C/C(=O)NCc2ccc(O)cc2)c1. The highest BCUT2D eigenvalue weighted by molar-refractivity contribution is 5.91. The minimum Gasteiger partial charge on any atom is -0.508 e. The highest BCUT2D eigenvalue weighted by Gasteiger charge is 1.97. The van der Waals surface area contributed by atoms with Crippen LogP contribution in [0.1, 0.15) is 11.1 Å². The lowest BCUT2D eigenvalue weighted by Crippen LogP contribution is -2.20. The molecule has 0 radical (unpaired) electrons. The summed E-state index contributed by atoms with van der Waals surface area (Å²) in [5, 5.41) is 11.9. The Labute approximate surface area is 117 Å². The van der Waals surface area contributed by atoms with Crippen LogP contribution in [0.3, 0.4) is 0 Å². The van der Waals surface area contributed by atoms with Gasteiger partial charge in [-0.15, -0.1) is 0 Å². The van der Waals surface area contributed by atoms with Gasteiger partial charge in [-0.2, -0.15) is 0 Å².